The summed E-state index contributed by atoms with van der Waals surface area (Å²) in [5, 5.41) is 22.5. The number of esters is 1. The normalized spacial score (nSPS) is 12.7. The first kappa shape index (κ1) is 49.3. The highest BCUT2D eigenvalue weighted by Crippen LogP contribution is 2.18. The first-order valence-corrected chi connectivity index (χ1v) is 21.2. The fourth-order valence-electron chi connectivity index (χ4n) is 6.16. The van der Waals surface area contributed by atoms with Crippen LogP contribution >= 0.6 is 0 Å². The van der Waals surface area contributed by atoms with E-state index in [0.717, 1.165) is 77.0 Å². The van der Waals surface area contributed by atoms with E-state index in [1.165, 1.54) is 89.9 Å². The molecule has 9 heteroatoms. The topological polar surface area (TPSA) is 142 Å². The van der Waals surface area contributed by atoms with Crippen LogP contribution in [0, 0.1) is 0 Å². The molecule has 0 radical (unpaired) electrons. The minimum absolute atomic E-state index is 0.0511. The molecule has 0 aliphatic rings. The highest BCUT2D eigenvalue weighted by Gasteiger charge is 2.19. The number of unbranched alkanes of at least 4 members (excludes halogenated alkanes) is 20. The van der Waals surface area contributed by atoms with Gasteiger partial charge in [-0.05, 0) is 64.2 Å². The number of hydrogen-bond acceptors (Lipinski definition) is 6. The van der Waals surface area contributed by atoms with E-state index in [-0.39, 0.29) is 30.9 Å². The Bertz CT molecular complexity index is 936. The first-order chi connectivity index (χ1) is 25.3. The van der Waals surface area contributed by atoms with Gasteiger partial charge in [0.2, 0.25) is 11.8 Å². The maximum absolute atomic E-state index is 12.7. The molecule has 0 fully saturated rings. The molecule has 0 aromatic carbocycles. The summed E-state index contributed by atoms with van der Waals surface area (Å²) in [6.45, 7) is 3.45. The highest BCUT2D eigenvalue weighted by molar-refractivity contribution is 5.87. The summed E-state index contributed by atoms with van der Waals surface area (Å²) in [5.74, 6) is -2.32. The second kappa shape index (κ2) is 38.1. The molecule has 0 aromatic heterocycles. The summed E-state index contributed by atoms with van der Waals surface area (Å²) in [4.78, 5) is 47.5. The summed E-state index contributed by atoms with van der Waals surface area (Å²) < 4.78 is 5.99. The van der Waals surface area contributed by atoms with Crippen LogP contribution < -0.4 is 10.6 Å². The average Bonchev–Trinajstić information content (AvgIpc) is 3.13. The zero-order chi connectivity index (χ0) is 38.3. The third kappa shape index (κ3) is 34.4. The van der Waals surface area contributed by atoms with Gasteiger partial charge < -0.3 is 25.6 Å². The Morgan fingerprint density at radius 2 is 1.06 bits per heavy atom. The predicted molar refractivity (Wildman–Crippen MR) is 213 cm³/mol. The van der Waals surface area contributed by atoms with Crippen molar-refractivity contribution in [2.45, 2.75) is 212 Å². The lowest BCUT2D eigenvalue weighted by Gasteiger charge is -2.18. The van der Waals surface area contributed by atoms with E-state index in [1.807, 2.05) is 0 Å². The van der Waals surface area contributed by atoms with Crippen LogP contribution in [-0.2, 0) is 23.9 Å². The van der Waals surface area contributed by atoms with Gasteiger partial charge in [-0.25, -0.2) is 4.79 Å². The van der Waals surface area contributed by atoms with Gasteiger partial charge in [-0.2, -0.15) is 0 Å². The van der Waals surface area contributed by atoms with Gasteiger partial charge in [0.1, 0.15) is 12.1 Å². The quantitative estimate of drug-likeness (QED) is 0.0281. The van der Waals surface area contributed by atoms with Crippen LogP contribution in [0.4, 0.5) is 0 Å². The number of amides is 2. The Morgan fingerprint density at radius 3 is 1.62 bits per heavy atom. The SMILES string of the molecule is CCCCC/C=C\C/C=C\CCCC(CCCCCCCC(=O)NCC(=O)NC(CO)C(=O)O)OC(=O)CCCCCCCCCCCCCCC. The Labute approximate surface area is 317 Å². The molecule has 9 nitrogen and oxygen atoms in total. The molecule has 0 saturated carbocycles. The van der Waals surface area contributed by atoms with Crippen molar-refractivity contribution in [3.63, 3.8) is 0 Å². The number of carbonyl (C=O) groups excluding carboxylic acids is 3. The number of carboxylic acid groups (broad SMARTS) is 1. The molecule has 0 rings (SSSR count). The van der Waals surface area contributed by atoms with E-state index in [2.05, 4.69) is 48.8 Å². The number of aliphatic hydroxyl groups is 1. The van der Waals surface area contributed by atoms with E-state index in [4.69, 9.17) is 14.9 Å². The third-order valence-corrected chi connectivity index (χ3v) is 9.45. The molecule has 0 spiro atoms. The Balaban J connectivity index is 4.34. The van der Waals surface area contributed by atoms with Crippen LogP contribution in [0.25, 0.3) is 0 Å². The Kier molecular flexibility index (Phi) is 36.1. The lowest BCUT2D eigenvalue weighted by molar-refractivity contribution is -0.150. The van der Waals surface area contributed by atoms with Crippen LogP contribution in [0.2, 0.25) is 0 Å². The molecule has 2 unspecified atom stereocenters. The van der Waals surface area contributed by atoms with Crippen LogP contribution in [-0.4, -0.2) is 59.3 Å². The van der Waals surface area contributed by atoms with E-state index in [9.17, 15) is 19.2 Å². The molecule has 0 saturated heterocycles. The number of carbonyl (C=O) groups is 4. The lowest BCUT2D eigenvalue weighted by atomic mass is 10.0. The van der Waals surface area contributed by atoms with Crippen LogP contribution in [0.5, 0.6) is 0 Å². The first-order valence-electron chi connectivity index (χ1n) is 21.2. The summed E-state index contributed by atoms with van der Waals surface area (Å²) in [6, 6.07) is -1.38. The zero-order valence-electron chi connectivity index (χ0n) is 33.3. The molecule has 302 valence electrons. The molecule has 0 bridgehead atoms. The van der Waals surface area contributed by atoms with Crippen LogP contribution in [0.15, 0.2) is 24.3 Å². The van der Waals surface area contributed by atoms with Crippen LogP contribution in [0.3, 0.4) is 0 Å². The Morgan fingerprint density at radius 1 is 0.577 bits per heavy atom. The van der Waals surface area contributed by atoms with Crippen molar-refractivity contribution in [2.75, 3.05) is 13.2 Å². The van der Waals surface area contributed by atoms with E-state index in [1.54, 1.807) is 0 Å². The maximum atomic E-state index is 12.7. The molecule has 52 heavy (non-hydrogen) atoms. The number of nitrogens with one attached hydrogen (secondary N) is 2. The van der Waals surface area contributed by atoms with Gasteiger partial charge >= 0.3 is 11.9 Å². The van der Waals surface area contributed by atoms with Gasteiger partial charge in [-0.1, -0.05) is 147 Å². The minimum Gasteiger partial charge on any atom is -0.480 e. The van der Waals surface area contributed by atoms with Crippen molar-refractivity contribution in [1.29, 1.82) is 0 Å². The molecule has 0 aliphatic carbocycles. The minimum atomic E-state index is -1.38. The maximum Gasteiger partial charge on any atom is 0.328 e. The number of aliphatic carboxylic acids is 1. The van der Waals surface area contributed by atoms with Crippen LogP contribution in [0.1, 0.15) is 200 Å². The number of aliphatic hydroxyl groups excluding tert-OH is 1. The second-order valence-electron chi connectivity index (χ2n) is 14.4. The fourth-order valence-corrected chi connectivity index (χ4v) is 6.16. The van der Waals surface area contributed by atoms with Gasteiger partial charge in [0.05, 0.1) is 13.2 Å². The number of rotatable bonds is 38. The smallest absolute Gasteiger partial charge is 0.328 e. The van der Waals surface area contributed by atoms with Crippen molar-refractivity contribution >= 4 is 23.8 Å². The summed E-state index contributed by atoms with van der Waals surface area (Å²) in [6.07, 6.45) is 40.6. The molecule has 0 aromatic rings. The number of ether oxygens (including phenoxy) is 1. The van der Waals surface area contributed by atoms with Gasteiger partial charge in [0.25, 0.3) is 0 Å². The predicted octanol–water partition coefficient (Wildman–Crippen LogP) is 10.0. The van der Waals surface area contributed by atoms with Gasteiger partial charge in [0.15, 0.2) is 0 Å². The highest BCUT2D eigenvalue weighted by atomic mass is 16.5. The van der Waals surface area contributed by atoms with E-state index < -0.39 is 24.5 Å². The average molecular weight is 735 g/mol. The van der Waals surface area contributed by atoms with Crippen molar-refractivity contribution in [1.82, 2.24) is 10.6 Å². The third-order valence-electron chi connectivity index (χ3n) is 9.45. The number of carboxylic acids is 1. The Hall–Kier alpha value is -2.68. The molecule has 4 N–H and O–H groups in total. The van der Waals surface area contributed by atoms with Crippen molar-refractivity contribution in [2.24, 2.45) is 0 Å². The molecule has 0 heterocycles. The van der Waals surface area contributed by atoms with E-state index in [0.29, 0.717) is 12.8 Å². The number of hydrogen-bond donors (Lipinski definition) is 4. The summed E-state index contributed by atoms with van der Waals surface area (Å²) in [7, 11) is 0. The van der Waals surface area contributed by atoms with Gasteiger partial charge in [-0.3, -0.25) is 14.4 Å². The van der Waals surface area contributed by atoms with Crippen molar-refractivity contribution < 1.29 is 34.1 Å². The van der Waals surface area contributed by atoms with Crippen molar-refractivity contribution in [3.8, 4) is 0 Å². The zero-order valence-corrected chi connectivity index (χ0v) is 33.3. The second-order valence-corrected chi connectivity index (χ2v) is 14.4. The monoisotopic (exact) mass is 735 g/mol. The van der Waals surface area contributed by atoms with E-state index >= 15 is 0 Å². The van der Waals surface area contributed by atoms with Crippen molar-refractivity contribution in [3.05, 3.63) is 24.3 Å². The largest absolute Gasteiger partial charge is 0.480 e. The van der Waals surface area contributed by atoms with Gasteiger partial charge in [0, 0.05) is 12.8 Å². The summed E-state index contributed by atoms with van der Waals surface area (Å²) >= 11 is 0. The fraction of sp³-hybridized carbons (Fsp3) is 0.814. The lowest BCUT2D eigenvalue weighted by Crippen LogP contribution is -2.47. The summed E-state index contributed by atoms with van der Waals surface area (Å²) in [5.41, 5.74) is 0. The molecular weight excluding hydrogens is 656 g/mol. The standard InChI is InChI=1S/C43H78N2O7/c1-3-5-7-9-11-13-15-16-18-20-22-27-31-35-42(49)52-38(32-28-24-21-19-17-14-12-10-8-6-4-2)33-29-25-23-26-30-34-40(47)44-36-41(48)45-39(37-46)43(50)51/h12,14,19,21,38-39,46H,3-11,13,15-18,20,22-37H2,1-2H3,(H,44,47)(H,45,48)(H,50,51)/b14-12-,21-19-. The molecule has 2 atom stereocenters. The van der Waals surface area contributed by atoms with Gasteiger partial charge in [-0.15, -0.1) is 0 Å². The molecular formula is C43H78N2O7. The molecule has 2 amide bonds. The molecule has 0 aliphatic heterocycles. The number of allylic oxidation sites excluding steroid dienone is 4.